The van der Waals surface area contributed by atoms with Gasteiger partial charge in [0.05, 0.1) is 12.6 Å². The van der Waals surface area contributed by atoms with E-state index >= 15 is 0 Å². The van der Waals surface area contributed by atoms with Gasteiger partial charge >= 0.3 is 0 Å². The number of hydrogen-bond acceptors (Lipinski definition) is 3. The molecule has 1 saturated heterocycles. The molecule has 1 amide bonds. The minimum absolute atomic E-state index is 0.217. The SMILES string of the molecule is COC[C@@H]1CCCC(=O)N1Cc1ccncc1. The molecule has 2 heterocycles. The molecule has 0 radical (unpaired) electrons. The number of carbonyl (C=O) groups excluding carboxylic acids is 1. The van der Waals surface area contributed by atoms with Crippen molar-refractivity contribution in [1.82, 2.24) is 9.88 Å². The van der Waals surface area contributed by atoms with E-state index < -0.39 is 0 Å². The van der Waals surface area contributed by atoms with Crippen LogP contribution in [0.4, 0.5) is 0 Å². The van der Waals surface area contributed by atoms with Gasteiger partial charge in [0.2, 0.25) is 5.91 Å². The molecule has 0 N–H and O–H groups in total. The van der Waals surface area contributed by atoms with Crippen LogP contribution in [0, 0.1) is 0 Å². The Balaban J connectivity index is 2.07. The Morgan fingerprint density at radius 3 is 2.94 bits per heavy atom. The highest BCUT2D eigenvalue weighted by atomic mass is 16.5. The summed E-state index contributed by atoms with van der Waals surface area (Å²) < 4.78 is 5.19. The van der Waals surface area contributed by atoms with Crippen LogP contribution < -0.4 is 0 Å². The number of likely N-dealkylation sites (tertiary alicyclic amines) is 1. The zero-order valence-electron chi connectivity index (χ0n) is 10.1. The maximum atomic E-state index is 11.9. The molecule has 0 aromatic carbocycles. The van der Waals surface area contributed by atoms with Gasteiger partial charge in [-0.25, -0.2) is 0 Å². The number of aromatic nitrogens is 1. The molecule has 0 saturated carbocycles. The van der Waals surface area contributed by atoms with E-state index in [1.165, 1.54) is 0 Å². The number of piperidine rings is 1. The van der Waals surface area contributed by atoms with Gasteiger partial charge in [0.15, 0.2) is 0 Å². The fourth-order valence-electron chi connectivity index (χ4n) is 2.26. The third-order valence-electron chi connectivity index (χ3n) is 3.15. The van der Waals surface area contributed by atoms with E-state index in [1.807, 2.05) is 17.0 Å². The molecule has 4 nitrogen and oxygen atoms in total. The molecular weight excluding hydrogens is 216 g/mol. The second-order valence-electron chi connectivity index (χ2n) is 4.38. The maximum Gasteiger partial charge on any atom is 0.223 e. The van der Waals surface area contributed by atoms with Gasteiger partial charge in [0.1, 0.15) is 0 Å². The van der Waals surface area contributed by atoms with Gasteiger partial charge < -0.3 is 9.64 Å². The van der Waals surface area contributed by atoms with E-state index in [0.29, 0.717) is 19.6 Å². The van der Waals surface area contributed by atoms with Crippen LogP contribution in [0.5, 0.6) is 0 Å². The van der Waals surface area contributed by atoms with Crippen LogP contribution in [-0.4, -0.2) is 35.5 Å². The number of rotatable bonds is 4. The van der Waals surface area contributed by atoms with Crippen LogP contribution in [0.15, 0.2) is 24.5 Å². The van der Waals surface area contributed by atoms with E-state index in [2.05, 4.69) is 4.98 Å². The van der Waals surface area contributed by atoms with Gasteiger partial charge in [-0.05, 0) is 30.5 Å². The Kier molecular flexibility index (Phi) is 4.09. The molecule has 1 aromatic heterocycles. The first-order valence-electron chi connectivity index (χ1n) is 5.98. The summed E-state index contributed by atoms with van der Waals surface area (Å²) in [4.78, 5) is 17.9. The molecule has 4 heteroatoms. The zero-order valence-corrected chi connectivity index (χ0v) is 10.1. The Hall–Kier alpha value is -1.42. The Morgan fingerprint density at radius 2 is 2.24 bits per heavy atom. The van der Waals surface area contributed by atoms with Crippen molar-refractivity contribution in [3.63, 3.8) is 0 Å². The lowest BCUT2D eigenvalue weighted by Crippen LogP contribution is -2.45. The van der Waals surface area contributed by atoms with Crippen LogP contribution in [0.3, 0.4) is 0 Å². The highest BCUT2D eigenvalue weighted by Crippen LogP contribution is 2.20. The second-order valence-corrected chi connectivity index (χ2v) is 4.38. The minimum atomic E-state index is 0.217. The van der Waals surface area contributed by atoms with Crippen molar-refractivity contribution in [3.8, 4) is 0 Å². The lowest BCUT2D eigenvalue weighted by molar-refractivity contribution is -0.138. The average Bonchev–Trinajstić information content (AvgIpc) is 2.35. The Labute approximate surface area is 102 Å². The summed E-state index contributed by atoms with van der Waals surface area (Å²) in [5.41, 5.74) is 1.12. The number of nitrogens with zero attached hydrogens (tertiary/aromatic N) is 2. The standard InChI is InChI=1S/C13H18N2O2/c1-17-10-12-3-2-4-13(16)15(12)9-11-5-7-14-8-6-11/h5-8,12H,2-4,9-10H2,1H3/t12-/m0/s1. The number of methoxy groups -OCH3 is 1. The number of amides is 1. The highest BCUT2D eigenvalue weighted by Gasteiger charge is 2.27. The molecule has 17 heavy (non-hydrogen) atoms. The van der Waals surface area contributed by atoms with Crippen LogP contribution in [0.1, 0.15) is 24.8 Å². The predicted octanol–water partition coefficient (Wildman–Crippen LogP) is 1.61. The Bertz CT molecular complexity index is 365. The van der Waals surface area contributed by atoms with Gasteiger partial charge in [-0.15, -0.1) is 0 Å². The molecule has 92 valence electrons. The summed E-state index contributed by atoms with van der Waals surface area (Å²) >= 11 is 0. The largest absolute Gasteiger partial charge is 0.383 e. The third kappa shape index (κ3) is 3.03. The first kappa shape index (κ1) is 12.0. The van der Waals surface area contributed by atoms with E-state index in [0.717, 1.165) is 18.4 Å². The summed E-state index contributed by atoms with van der Waals surface area (Å²) in [6, 6.07) is 4.12. The van der Waals surface area contributed by atoms with Crippen molar-refractivity contribution >= 4 is 5.91 Å². The van der Waals surface area contributed by atoms with Gasteiger partial charge in [-0.1, -0.05) is 0 Å². The molecule has 2 rings (SSSR count). The van der Waals surface area contributed by atoms with Crippen LogP contribution >= 0.6 is 0 Å². The van der Waals surface area contributed by atoms with Gasteiger partial charge in [-0.3, -0.25) is 9.78 Å². The van der Waals surface area contributed by atoms with Gasteiger partial charge in [0, 0.05) is 32.5 Å². The number of pyridine rings is 1. The lowest BCUT2D eigenvalue weighted by Gasteiger charge is -2.35. The van der Waals surface area contributed by atoms with Crippen molar-refractivity contribution in [2.45, 2.75) is 31.8 Å². The summed E-state index contributed by atoms with van der Waals surface area (Å²) in [5.74, 6) is 0.232. The van der Waals surface area contributed by atoms with Crippen molar-refractivity contribution in [3.05, 3.63) is 30.1 Å². The normalized spacial score (nSPS) is 20.6. The average molecular weight is 234 g/mol. The molecule has 1 aliphatic heterocycles. The smallest absolute Gasteiger partial charge is 0.223 e. The molecular formula is C13H18N2O2. The Morgan fingerprint density at radius 1 is 1.47 bits per heavy atom. The predicted molar refractivity (Wildman–Crippen MR) is 64.3 cm³/mol. The third-order valence-corrected chi connectivity index (χ3v) is 3.15. The molecule has 1 aliphatic rings. The summed E-state index contributed by atoms with van der Waals surface area (Å²) in [6.07, 6.45) is 6.18. The molecule has 1 atom stereocenters. The van der Waals surface area contributed by atoms with E-state index in [9.17, 15) is 4.79 Å². The first-order chi connectivity index (χ1) is 8.31. The minimum Gasteiger partial charge on any atom is -0.383 e. The highest BCUT2D eigenvalue weighted by molar-refractivity contribution is 5.77. The van der Waals surface area contributed by atoms with E-state index in [1.54, 1.807) is 19.5 Å². The van der Waals surface area contributed by atoms with Crippen LogP contribution in [-0.2, 0) is 16.1 Å². The van der Waals surface area contributed by atoms with Crippen molar-refractivity contribution in [1.29, 1.82) is 0 Å². The first-order valence-corrected chi connectivity index (χ1v) is 5.98. The lowest BCUT2D eigenvalue weighted by atomic mass is 10.0. The summed E-state index contributed by atoms with van der Waals surface area (Å²) in [6.45, 7) is 1.28. The van der Waals surface area contributed by atoms with E-state index in [4.69, 9.17) is 4.74 Å². The van der Waals surface area contributed by atoms with Gasteiger partial charge in [-0.2, -0.15) is 0 Å². The number of hydrogen-bond donors (Lipinski definition) is 0. The molecule has 0 unspecified atom stereocenters. The fourth-order valence-corrected chi connectivity index (χ4v) is 2.26. The van der Waals surface area contributed by atoms with Crippen molar-refractivity contribution in [2.75, 3.05) is 13.7 Å². The summed E-state index contributed by atoms with van der Waals surface area (Å²) in [7, 11) is 1.68. The van der Waals surface area contributed by atoms with Crippen LogP contribution in [0.2, 0.25) is 0 Å². The summed E-state index contributed by atoms with van der Waals surface area (Å²) in [5, 5.41) is 0. The number of ether oxygens (including phenoxy) is 1. The monoisotopic (exact) mass is 234 g/mol. The molecule has 0 bridgehead atoms. The molecule has 1 fully saturated rings. The van der Waals surface area contributed by atoms with Crippen molar-refractivity contribution < 1.29 is 9.53 Å². The fraction of sp³-hybridized carbons (Fsp3) is 0.538. The maximum absolute atomic E-state index is 11.9. The molecule has 1 aromatic rings. The van der Waals surface area contributed by atoms with E-state index in [-0.39, 0.29) is 11.9 Å². The quantitative estimate of drug-likeness (QED) is 0.795. The topological polar surface area (TPSA) is 42.4 Å². The molecule has 0 aliphatic carbocycles. The number of carbonyl (C=O) groups is 1. The van der Waals surface area contributed by atoms with Crippen LogP contribution in [0.25, 0.3) is 0 Å². The second kappa shape index (κ2) is 5.77. The zero-order chi connectivity index (χ0) is 12.1. The molecule has 0 spiro atoms. The van der Waals surface area contributed by atoms with Crippen molar-refractivity contribution in [2.24, 2.45) is 0 Å². The van der Waals surface area contributed by atoms with Gasteiger partial charge in [0.25, 0.3) is 0 Å².